The number of nitrogens with one attached hydrogen (secondary N) is 1. The van der Waals surface area contributed by atoms with Gasteiger partial charge >= 0.3 is 0 Å². The third-order valence-corrected chi connectivity index (χ3v) is 5.01. The molecule has 0 atom stereocenters. The molecule has 0 bridgehead atoms. The Morgan fingerprint density at radius 1 is 1.30 bits per heavy atom. The molecule has 1 aliphatic rings. The van der Waals surface area contributed by atoms with Crippen molar-refractivity contribution in [2.24, 2.45) is 0 Å². The summed E-state index contributed by atoms with van der Waals surface area (Å²) in [7, 11) is 0. The Bertz CT molecular complexity index is 599. The molecule has 0 radical (unpaired) electrons. The molecule has 1 aromatic heterocycles. The molecule has 0 amide bonds. The normalized spacial score (nSPS) is 14.5. The maximum atomic E-state index is 6.34. The van der Waals surface area contributed by atoms with E-state index in [0.717, 1.165) is 26.6 Å². The van der Waals surface area contributed by atoms with Gasteiger partial charge in [-0.1, -0.05) is 29.4 Å². The molecule has 1 saturated carbocycles. The van der Waals surface area contributed by atoms with E-state index in [1.165, 1.54) is 17.7 Å². The number of aromatic nitrogens is 1. The van der Waals surface area contributed by atoms with Crippen LogP contribution < -0.4 is 5.32 Å². The van der Waals surface area contributed by atoms with E-state index in [1.807, 2.05) is 30.5 Å². The van der Waals surface area contributed by atoms with Gasteiger partial charge in [0.1, 0.15) is 5.03 Å². The fourth-order valence-corrected chi connectivity index (χ4v) is 3.33. The Hall–Kier alpha value is -0.550. The van der Waals surface area contributed by atoms with E-state index >= 15 is 0 Å². The van der Waals surface area contributed by atoms with Crippen molar-refractivity contribution in [2.45, 2.75) is 35.3 Å². The van der Waals surface area contributed by atoms with Gasteiger partial charge in [0.25, 0.3) is 0 Å². The SMILES string of the molecule is Clc1cccc(Sc2ccc(Br)cn2)c1CNC1CC1. The summed E-state index contributed by atoms with van der Waals surface area (Å²) in [4.78, 5) is 5.57. The first-order valence-corrected chi connectivity index (χ1v) is 8.51. The highest BCUT2D eigenvalue weighted by Crippen LogP contribution is 2.33. The second-order valence-corrected chi connectivity index (χ2v) is 7.17. The monoisotopic (exact) mass is 368 g/mol. The Kier molecular flexibility index (Phi) is 4.66. The van der Waals surface area contributed by atoms with E-state index in [2.05, 4.69) is 32.3 Å². The molecule has 20 heavy (non-hydrogen) atoms. The lowest BCUT2D eigenvalue weighted by molar-refractivity contribution is 0.680. The minimum absolute atomic E-state index is 0.676. The molecule has 1 aliphatic carbocycles. The number of hydrogen-bond donors (Lipinski definition) is 1. The highest BCUT2D eigenvalue weighted by molar-refractivity contribution is 9.10. The van der Waals surface area contributed by atoms with E-state index < -0.39 is 0 Å². The summed E-state index contributed by atoms with van der Waals surface area (Å²) in [6.07, 6.45) is 4.37. The van der Waals surface area contributed by atoms with Gasteiger partial charge in [0.05, 0.1) is 0 Å². The topological polar surface area (TPSA) is 24.9 Å². The molecule has 5 heteroatoms. The zero-order valence-electron chi connectivity index (χ0n) is 10.8. The van der Waals surface area contributed by atoms with Crippen LogP contribution in [0.4, 0.5) is 0 Å². The van der Waals surface area contributed by atoms with Crippen LogP contribution in [-0.2, 0) is 6.54 Å². The first-order chi connectivity index (χ1) is 9.72. The summed E-state index contributed by atoms with van der Waals surface area (Å²) in [6.45, 7) is 0.823. The molecule has 1 heterocycles. The van der Waals surface area contributed by atoms with Crippen molar-refractivity contribution >= 4 is 39.3 Å². The molecule has 0 aliphatic heterocycles. The van der Waals surface area contributed by atoms with Gasteiger partial charge < -0.3 is 5.32 Å². The van der Waals surface area contributed by atoms with E-state index in [-0.39, 0.29) is 0 Å². The van der Waals surface area contributed by atoms with Crippen LogP contribution in [0.1, 0.15) is 18.4 Å². The van der Waals surface area contributed by atoms with Gasteiger partial charge in [-0.25, -0.2) is 4.98 Å². The minimum Gasteiger partial charge on any atom is -0.310 e. The van der Waals surface area contributed by atoms with Crippen molar-refractivity contribution in [3.05, 3.63) is 51.6 Å². The average molecular weight is 370 g/mol. The van der Waals surface area contributed by atoms with Crippen LogP contribution in [0.5, 0.6) is 0 Å². The summed E-state index contributed by atoms with van der Waals surface area (Å²) < 4.78 is 0.989. The van der Waals surface area contributed by atoms with E-state index in [1.54, 1.807) is 11.8 Å². The van der Waals surface area contributed by atoms with Crippen molar-refractivity contribution in [1.29, 1.82) is 0 Å². The van der Waals surface area contributed by atoms with Crippen LogP contribution in [0.3, 0.4) is 0 Å². The van der Waals surface area contributed by atoms with Crippen molar-refractivity contribution in [3.63, 3.8) is 0 Å². The van der Waals surface area contributed by atoms with E-state index in [9.17, 15) is 0 Å². The van der Waals surface area contributed by atoms with E-state index in [0.29, 0.717) is 6.04 Å². The van der Waals surface area contributed by atoms with Gasteiger partial charge in [-0.15, -0.1) is 0 Å². The number of nitrogens with zero attached hydrogens (tertiary/aromatic N) is 1. The van der Waals surface area contributed by atoms with Crippen LogP contribution >= 0.6 is 39.3 Å². The van der Waals surface area contributed by atoms with Gasteiger partial charge in [0, 0.05) is 33.2 Å². The summed E-state index contributed by atoms with van der Waals surface area (Å²) in [5.41, 5.74) is 1.16. The highest BCUT2D eigenvalue weighted by Gasteiger charge is 2.21. The number of benzene rings is 1. The molecule has 0 saturated heterocycles. The predicted molar refractivity (Wildman–Crippen MR) is 87.4 cm³/mol. The summed E-state index contributed by atoms with van der Waals surface area (Å²) in [5, 5.41) is 5.32. The standard InChI is InChI=1S/C15H14BrClN2S/c16-10-4-7-15(19-8-10)20-14-3-1-2-13(17)12(14)9-18-11-5-6-11/h1-4,7-8,11,18H,5-6,9H2. The fourth-order valence-electron chi connectivity index (χ4n) is 1.88. The second-order valence-electron chi connectivity index (χ2n) is 4.79. The summed E-state index contributed by atoms with van der Waals surface area (Å²) in [5.74, 6) is 0. The number of pyridine rings is 1. The fraction of sp³-hybridized carbons (Fsp3) is 0.267. The molecule has 1 fully saturated rings. The second kappa shape index (κ2) is 6.48. The maximum Gasteiger partial charge on any atom is 0.101 e. The highest BCUT2D eigenvalue weighted by atomic mass is 79.9. The molecule has 104 valence electrons. The summed E-state index contributed by atoms with van der Waals surface area (Å²) >= 11 is 11.4. The van der Waals surface area contributed by atoms with Crippen LogP contribution in [-0.4, -0.2) is 11.0 Å². The first kappa shape index (κ1) is 14.4. The molecular weight excluding hydrogens is 356 g/mol. The van der Waals surface area contributed by atoms with Crippen molar-refractivity contribution in [1.82, 2.24) is 10.3 Å². The van der Waals surface area contributed by atoms with Crippen LogP contribution in [0.2, 0.25) is 5.02 Å². The van der Waals surface area contributed by atoms with Gasteiger partial charge in [0.15, 0.2) is 0 Å². The average Bonchev–Trinajstić information content (AvgIpc) is 3.25. The molecule has 1 N–H and O–H groups in total. The molecule has 2 nitrogen and oxygen atoms in total. The molecule has 3 rings (SSSR count). The quantitative estimate of drug-likeness (QED) is 0.811. The largest absolute Gasteiger partial charge is 0.310 e. The van der Waals surface area contributed by atoms with Crippen LogP contribution in [0.15, 0.2) is 50.9 Å². The van der Waals surface area contributed by atoms with Gasteiger partial charge in [-0.3, -0.25) is 0 Å². The molecule has 1 aromatic carbocycles. The molecule has 2 aromatic rings. The smallest absolute Gasteiger partial charge is 0.101 e. The first-order valence-electron chi connectivity index (χ1n) is 6.52. The lowest BCUT2D eigenvalue weighted by Crippen LogP contribution is -2.16. The third-order valence-electron chi connectivity index (χ3n) is 3.14. The van der Waals surface area contributed by atoms with Crippen molar-refractivity contribution in [2.75, 3.05) is 0 Å². The molecule has 0 spiro atoms. The predicted octanol–water partition coefficient (Wildman–Crippen LogP) is 4.90. The van der Waals surface area contributed by atoms with Crippen molar-refractivity contribution in [3.8, 4) is 0 Å². The Balaban J connectivity index is 1.80. The van der Waals surface area contributed by atoms with Crippen molar-refractivity contribution < 1.29 is 0 Å². The lowest BCUT2D eigenvalue weighted by atomic mass is 10.2. The van der Waals surface area contributed by atoms with E-state index in [4.69, 9.17) is 11.6 Å². The number of rotatable bonds is 5. The Labute approximate surface area is 136 Å². The maximum absolute atomic E-state index is 6.34. The van der Waals surface area contributed by atoms with Crippen LogP contribution in [0, 0.1) is 0 Å². The van der Waals surface area contributed by atoms with Gasteiger partial charge in [-0.05, 0) is 58.6 Å². The molecular formula is C15H14BrClN2S. The zero-order chi connectivity index (χ0) is 13.9. The molecule has 0 unspecified atom stereocenters. The third kappa shape index (κ3) is 3.76. The van der Waals surface area contributed by atoms with Gasteiger partial charge in [0.2, 0.25) is 0 Å². The Morgan fingerprint density at radius 2 is 2.15 bits per heavy atom. The van der Waals surface area contributed by atoms with Gasteiger partial charge in [-0.2, -0.15) is 0 Å². The lowest BCUT2D eigenvalue weighted by Gasteiger charge is -2.11. The minimum atomic E-state index is 0.676. The van der Waals surface area contributed by atoms with Crippen LogP contribution in [0.25, 0.3) is 0 Å². The number of halogens is 2. The number of hydrogen-bond acceptors (Lipinski definition) is 3. The summed E-state index contributed by atoms with van der Waals surface area (Å²) in [6, 6.07) is 10.7. The Morgan fingerprint density at radius 3 is 2.85 bits per heavy atom. The zero-order valence-corrected chi connectivity index (χ0v) is 13.9.